The Balaban J connectivity index is 2.46. The Kier molecular flexibility index (Phi) is 6.06. The van der Waals surface area contributed by atoms with Gasteiger partial charge in [0, 0.05) is 23.6 Å². The normalized spacial score (nSPS) is 10.5. The van der Waals surface area contributed by atoms with Crippen LogP contribution < -0.4 is 11.1 Å². The van der Waals surface area contributed by atoms with Gasteiger partial charge in [0.15, 0.2) is 0 Å². The van der Waals surface area contributed by atoms with E-state index >= 15 is 0 Å². The van der Waals surface area contributed by atoms with E-state index in [2.05, 4.69) is 5.32 Å². The van der Waals surface area contributed by atoms with Gasteiger partial charge in [-0.15, -0.1) is 0 Å². The third-order valence-corrected chi connectivity index (χ3v) is 3.41. The number of nitrogens with one attached hydrogen (secondary N) is 1. The predicted molar refractivity (Wildman–Crippen MR) is 71.6 cm³/mol. The molecular weight excluding hydrogens is 282 g/mol. The van der Waals surface area contributed by atoms with Crippen LogP contribution >= 0.6 is 34.8 Å². The summed E-state index contributed by atoms with van der Waals surface area (Å²) in [6.07, 6.45) is 1.05. The minimum absolute atomic E-state index is 0.300. The van der Waals surface area contributed by atoms with Gasteiger partial charge in [-0.05, 0) is 25.1 Å². The standard InChI is InChI=1S/C11H13Cl3N2O/c12-8-3-4-9(13)11(14)7(8)6-16-5-1-2-10(15)17/h3-4,16H,1-2,5-6H2,(H2,15,17). The maximum absolute atomic E-state index is 10.5. The van der Waals surface area contributed by atoms with Gasteiger partial charge in [-0.3, -0.25) is 4.79 Å². The van der Waals surface area contributed by atoms with Gasteiger partial charge in [-0.1, -0.05) is 34.8 Å². The molecule has 1 aromatic rings. The Labute approximate surface area is 115 Å². The van der Waals surface area contributed by atoms with Gasteiger partial charge in [0.1, 0.15) is 0 Å². The van der Waals surface area contributed by atoms with Crippen molar-refractivity contribution in [3.63, 3.8) is 0 Å². The Morgan fingerprint density at radius 2 is 1.88 bits per heavy atom. The summed E-state index contributed by atoms with van der Waals surface area (Å²) in [6.45, 7) is 1.18. The number of amides is 1. The fourth-order valence-electron chi connectivity index (χ4n) is 1.33. The molecule has 0 bridgehead atoms. The van der Waals surface area contributed by atoms with E-state index in [-0.39, 0.29) is 5.91 Å². The van der Waals surface area contributed by atoms with E-state index in [0.29, 0.717) is 41.0 Å². The van der Waals surface area contributed by atoms with Crippen LogP contribution in [0, 0.1) is 0 Å². The summed E-state index contributed by atoms with van der Waals surface area (Å²) >= 11 is 17.9. The molecule has 1 rings (SSSR count). The summed E-state index contributed by atoms with van der Waals surface area (Å²) in [7, 11) is 0. The second kappa shape index (κ2) is 7.07. The van der Waals surface area contributed by atoms with E-state index in [9.17, 15) is 4.79 Å². The van der Waals surface area contributed by atoms with Crippen LogP contribution in [0.3, 0.4) is 0 Å². The van der Waals surface area contributed by atoms with E-state index in [1.165, 1.54) is 0 Å². The summed E-state index contributed by atoms with van der Waals surface area (Å²) in [5.74, 6) is -0.300. The van der Waals surface area contributed by atoms with Crippen LogP contribution in [0.4, 0.5) is 0 Å². The number of primary amides is 1. The Hall–Kier alpha value is -0.480. The zero-order valence-corrected chi connectivity index (χ0v) is 11.4. The number of carbonyl (C=O) groups is 1. The topological polar surface area (TPSA) is 55.1 Å². The van der Waals surface area contributed by atoms with Crippen LogP contribution in [0.5, 0.6) is 0 Å². The quantitative estimate of drug-likeness (QED) is 0.626. The SMILES string of the molecule is NC(=O)CCCNCc1c(Cl)ccc(Cl)c1Cl. The van der Waals surface area contributed by atoms with Crippen LogP contribution in [0.15, 0.2) is 12.1 Å². The fraction of sp³-hybridized carbons (Fsp3) is 0.364. The monoisotopic (exact) mass is 294 g/mol. The molecule has 3 nitrogen and oxygen atoms in total. The van der Waals surface area contributed by atoms with Gasteiger partial charge in [0.05, 0.1) is 10.0 Å². The second-order valence-corrected chi connectivity index (χ2v) is 4.76. The predicted octanol–water partition coefficient (Wildman–Crippen LogP) is 3.00. The molecule has 0 radical (unpaired) electrons. The molecule has 0 saturated carbocycles. The average molecular weight is 296 g/mol. The molecule has 0 aliphatic heterocycles. The first-order valence-corrected chi connectivity index (χ1v) is 6.27. The number of halogens is 3. The van der Waals surface area contributed by atoms with Crippen molar-refractivity contribution in [2.45, 2.75) is 19.4 Å². The van der Waals surface area contributed by atoms with Gasteiger partial charge in [0.25, 0.3) is 0 Å². The summed E-state index contributed by atoms with van der Waals surface area (Å²) in [5.41, 5.74) is 5.79. The highest BCUT2D eigenvalue weighted by Crippen LogP contribution is 2.31. The van der Waals surface area contributed by atoms with E-state index < -0.39 is 0 Å². The maximum Gasteiger partial charge on any atom is 0.217 e. The first-order valence-electron chi connectivity index (χ1n) is 5.13. The summed E-state index contributed by atoms with van der Waals surface area (Å²) < 4.78 is 0. The van der Waals surface area contributed by atoms with Crippen molar-refractivity contribution in [1.82, 2.24) is 5.32 Å². The van der Waals surface area contributed by atoms with Crippen LogP contribution in [0.25, 0.3) is 0 Å². The largest absolute Gasteiger partial charge is 0.370 e. The Morgan fingerprint density at radius 1 is 1.24 bits per heavy atom. The average Bonchev–Trinajstić information content (AvgIpc) is 2.27. The van der Waals surface area contributed by atoms with Crippen LogP contribution in [0.1, 0.15) is 18.4 Å². The van der Waals surface area contributed by atoms with Crippen molar-refractivity contribution in [2.75, 3.05) is 6.54 Å². The van der Waals surface area contributed by atoms with Crippen LogP contribution in [-0.4, -0.2) is 12.5 Å². The fourth-order valence-corrected chi connectivity index (χ4v) is 2.01. The van der Waals surface area contributed by atoms with Gasteiger partial charge < -0.3 is 11.1 Å². The summed E-state index contributed by atoms with van der Waals surface area (Å²) in [5, 5.41) is 4.64. The molecule has 94 valence electrons. The zero-order valence-electron chi connectivity index (χ0n) is 9.10. The molecule has 0 atom stereocenters. The highest BCUT2D eigenvalue weighted by Gasteiger charge is 2.08. The van der Waals surface area contributed by atoms with Crippen LogP contribution in [-0.2, 0) is 11.3 Å². The number of hydrogen-bond donors (Lipinski definition) is 2. The summed E-state index contributed by atoms with van der Waals surface area (Å²) in [6, 6.07) is 3.36. The molecule has 0 unspecified atom stereocenters. The molecule has 0 aliphatic rings. The lowest BCUT2D eigenvalue weighted by Crippen LogP contribution is -2.18. The molecule has 17 heavy (non-hydrogen) atoms. The Bertz CT molecular complexity index is 410. The molecule has 1 aromatic carbocycles. The molecule has 0 spiro atoms. The number of rotatable bonds is 6. The first kappa shape index (κ1) is 14.6. The Morgan fingerprint density at radius 3 is 2.53 bits per heavy atom. The van der Waals surface area contributed by atoms with E-state index in [1.807, 2.05) is 0 Å². The zero-order chi connectivity index (χ0) is 12.8. The number of hydrogen-bond acceptors (Lipinski definition) is 2. The lowest BCUT2D eigenvalue weighted by Gasteiger charge is -2.09. The van der Waals surface area contributed by atoms with Crippen molar-refractivity contribution in [3.05, 3.63) is 32.8 Å². The van der Waals surface area contributed by atoms with Crippen molar-refractivity contribution in [1.29, 1.82) is 0 Å². The van der Waals surface area contributed by atoms with Crippen molar-refractivity contribution in [2.24, 2.45) is 5.73 Å². The van der Waals surface area contributed by atoms with E-state index in [0.717, 1.165) is 5.56 Å². The summed E-state index contributed by atoms with van der Waals surface area (Å²) in [4.78, 5) is 10.5. The van der Waals surface area contributed by atoms with Crippen molar-refractivity contribution in [3.8, 4) is 0 Å². The first-order chi connectivity index (χ1) is 8.02. The number of nitrogens with two attached hydrogens (primary N) is 1. The molecule has 0 saturated heterocycles. The minimum atomic E-state index is -0.300. The molecule has 0 aromatic heterocycles. The van der Waals surface area contributed by atoms with Crippen LogP contribution in [0.2, 0.25) is 15.1 Å². The van der Waals surface area contributed by atoms with E-state index in [4.69, 9.17) is 40.5 Å². The third-order valence-electron chi connectivity index (χ3n) is 2.22. The highest BCUT2D eigenvalue weighted by atomic mass is 35.5. The second-order valence-electron chi connectivity index (χ2n) is 3.57. The smallest absolute Gasteiger partial charge is 0.217 e. The molecule has 3 N–H and O–H groups in total. The molecule has 0 heterocycles. The van der Waals surface area contributed by atoms with Gasteiger partial charge in [0.2, 0.25) is 5.91 Å². The van der Waals surface area contributed by atoms with Crippen molar-refractivity contribution < 1.29 is 4.79 Å². The highest BCUT2D eigenvalue weighted by molar-refractivity contribution is 6.44. The molecular formula is C11H13Cl3N2O. The third kappa shape index (κ3) is 4.72. The molecule has 6 heteroatoms. The molecule has 0 aliphatic carbocycles. The van der Waals surface area contributed by atoms with Crippen molar-refractivity contribution >= 4 is 40.7 Å². The van der Waals surface area contributed by atoms with Gasteiger partial charge in [-0.25, -0.2) is 0 Å². The molecule has 1 amide bonds. The lowest BCUT2D eigenvalue weighted by atomic mass is 10.2. The molecule has 0 fully saturated rings. The van der Waals surface area contributed by atoms with Gasteiger partial charge in [-0.2, -0.15) is 0 Å². The van der Waals surface area contributed by atoms with Gasteiger partial charge >= 0.3 is 0 Å². The number of benzene rings is 1. The maximum atomic E-state index is 10.5. The number of carbonyl (C=O) groups excluding carboxylic acids is 1. The van der Waals surface area contributed by atoms with E-state index in [1.54, 1.807) is 12.1 Å². The minimum Gasteiger partial charge on any atom is -0.370 e. The lowest BCUT2D eigenvalue weighted by molar-refractivity contribution is -0.118.